The van der Waals surface area contributed by atoms with Crippen LogP contribution >= 0.6 is 0 Å². The van der Waals surface area contributed by atoms with Crippen LogP contribution < -0.4 is 10.6 Å². The zero-order valence-corrected chi connectivity index (χ0v) is 10.5. The maximum Gasteiger partial charge on any atom is 0.502 e. The van der Waals surface area contributed by atoms with Gasteiger partial charge in [-0.2, -0.15) is 13.2 Å². The van der Waals surface area contributed by atoms with E-state index in [9.17, 15) is 21.6 Å². The summed E-state index contributed by atoms with van der Waals surface area (Å²) in [4.78, 5) is 7.43. The highest BCUT2D eigenvalue weighted by Gasteiger charge is 2.50. The molecule has 1 saturated heterocycles. The van der Waals surface area contributed by atoms with Crippen molar-refractivity contribution < 1.29 is 21.6 Å². The smallest absolute Gasteiger partial charge is 0.382 e. The Morgan fingerprint density at radius 1 is 1.21 bits per heavy atom. The summed E-state index contributed by atoms with van der Waals surface area (Å²) in [6.07, 6.45) is 2.48. The minimum Gasteiger partial charge on any atom is -0.382 e. The number of nitrogen functional groups attached to an aromatic ring is 1. The van der Waals surface area contributed by atoms with Gasteiger partial charge in [0.25, 0.3) is 9.84 Å². The van der Waals surface area contributed by atoms with E-state index >= 15 is 0 Å². The maximum atomic E-state index is 12.6. The topological polar surface area (TPSA) is 89.2 Å². The Hall–Kier alpha value is -1.58. The van der Waals surface area contributed by atoms with Crippen LogP contribution in [0.4, 0.5) is 24.8 Å². The average molecular weight is 296 g/mol. The second-order valence-corrected chi connectivity index (χ2v) is 5.93. The molecular formula is C9H11F3N4O2S. The van der Waals surface area contributed by atoms with Crippen molar-refractivity contribution in [2.45, 2.75) is 23.2 Å². The molecule has 1 aromatic heterocycles. The molecule has 0 aliphatic carbocycles. The number of hydrogen-bond acceptors (Lipinski definition) is 6. The van der Waals surface area contributed by atoms with E-state index in [-0.39, 0.29) is 5.82 Å². The van der Waals surface area contributed by atoms with E-state index < -0.39 is 26.1 Å². The fourth-order valence-corrected chi connectivity index (χ4v) is 2.89. The van der Waals surface area contributed by atoms with Crippen LogP contribution in [-0.2, 0) is 9.84 Å². The second-order valence-electron chi connectivity index (χ2n) is 4.05. The van der Waals surface area contributed by atoms with Crippen LogP contribution in [0.5, 0.6) is 0 Å². The van der Waals surface area contributed by atoms with Gasteiger partial charge in [-0.05, 0) is 12.8 Å². The molecule has 0 bridgehead atoms. The van der Waals surface area contributed by atoms with Crippen LogP contribution in [0.3, 0.4) is 0 Å². The lowest BCUT2D eigenvalue weighted by Gasteiger charge is -2.20. The molecule has 1 fully saturated rings. The fourth-order valence-electron chi connectivity index (χ4n) is 1.91. The summed E-state index contributed by atoms with van der Waals surface area (Å²) in [6, 6.07) is 0. The molecule has 0 saturated carbocycles. The summed E-state index contributed by atoms with van der Waals surface area (Å²) >= 11 is 0. The highest BCUT2D eigenvalue weighted by molar-refractivity contribution is 7.92. The minimum atomic E-state index is -5.57. The van der Waals surface area contributed by atoms with E-state index in [4.69, 9.17) is 5.73 Å². The molecule has 2 heterocycles. The van der Waals surface area contributed by atoms with Crippen molar-refractivity contribution in [1.29, 1.82) is 0 Å². The number of nitrogens with zero attached hydrogens (tertiary/aromatic N) is 3. The molecule has 2 N–H and O–H groups in total. The van der Waals surface area contributed by atoms with E-state index in [1.54, 1.807) is 0 Å². The van der Waals surface area contributed by atoms with Crippen molar-refractivity contribution >= 4 is 21.5 Å². The van der Waals surface area contributed by atoms with Crippen LogP contribution in [0.1, 0.15) is 12.8 Å². The summed E-state index contributed by atoms with van der Waals surface area (Å²) in [5.74, 6) is -0.962. The number of nitrogens with two attached hydrogens (primary N) is 1. The number of hydrogen-bond donors (Lipinski definition) is 1. The predicted molar refractivity (Wildman–Crippen MR) is 61.1 cm³/mol. The van der Waals surface area contributed by atoms with E-state index in [2.05, 4.69) is 9.97 Å². The van der Waals surface area contributed by atoms with Gasteiger partial charge in [0.05, 0.1) is 0 Å². The largest absolute Gasteiger partial charge is 0.502 e. The van der Waals surface area contributed by atoms with Gasteiger partial charge >= 0.3 is 5.51 Å². The SMILES string of the molecule is Nc1ncnc(N2CCCC2)c1S(=O)(=O)C(F)(F)F. The predicted octanol–water partition coefficient (Wildman–Crippen LogP) is 0.953. The second kappa shape index (κ2) is 4.51. The quantitative estimate of drug-likeness (QED) is 0.874. The van der Waals surface area contributed by atoms with Gasteiger partial charge in [-0.25, -0.2) is 18.4 Å². The molecule has 1 aromatic rings. The molecule has 106 valence electrons. The Labute approximate surface area is 107 Å². The Kier molecular flexibility index (Phi) is 3.29. The van der Waals surface area contributed by atoms with Crippen LogP contribution in [-0.4, -0.2) is 37.0 Å². The minimum absolute atomic E-state index is 0.276. The first-order valence-corrected chi connectivity index (χ1v) is 6.90. The summed E-state index contributed by atoms with van der Waals surface area (Å²) in [7, 11) is -5.57. The summed E-state index contributed by atoms with van der Waals surface area (Å²) in [5.41, 5.74) is -0.115. The molecule has 1 aliphatic heterocycles. The van der Waals surface area contributed by atoms with Crippen LogP contribution in [0, 0.1) is 0 Å². The van der Waals surface area contributed by atoms with E-state index in [1.807, 2.05) is 0 Å². The molecule has 19 heavy (non-hydrogen) atoms. The highest BCUT2D eigenvalue weighted by Crippen LogP contribution is 2.37. The third kappa shape index (κ3) is 2.31. The molecule has 1 aliphatic rings. The van der Waals surface area contributed by atoms with E-state index in [0.717, 1.165) is 19.2 Å². The summed E-state index contributed by atoms with van der Waals surface area (Å²) < 4.78 is 61.0. The Bertz CT molecular complexity index is 582. The molecule has 0 atom stereocenters. The maximum absolute atomic E-state index is 12.6. The lowest BCUT2D eigenvalue weighted by Crippen LogP contribution is -2.29. The number of alkyl halides is 3. The van der Waals surface area contributed by atoms with Crippen molar-refractivity contribution in [3.05, 3.63) is 6.33 Å². The first-order valence-electron chi connectivity index (χ1n) is 5.42. The standard InChI is InChI=1S/C9H11F3N4O2S/c10-9(11,12)19(17,18)6-7(13)14-5-15-8(6)16-3-1-2-4-16/h5H,1-4H2,(H2,13,14,15). The zero-order chi connectivity index (χ0) is 14.3. The van der Waals surface area contributed by atoms with Crippen molar-refractivity contribution in [3.63, 3.8) is 0 Å². The number of anilines is 2. The van der Waals surface area contributed by atoms with Gasteiger partial charge < -0.3 is 10.6 Å². The first-order chi connectivity index (χ1) is 8.75. The summed E-state index contributed by atoms with van der Waals surface area (Å²) in [6.45, 7) is 0.883. The molecule has 0 radical (unpaired) electrons. The molecule has 6 nitrogen and oxygen atoms in total. The van der Waals surface area contributed by atoms with Gasteiger partial charge in [-0.1, -0.05) is 0 Å². The van der Waals surface area contributed by atoms with Gasteiger partial charge in [-0.3, -0.25) is 0 Å². The van der Waals surface area contributed by atoms with Gasteiger partial charge in [-0.15, -0.1) is 0 Å². The first kappa shape index (κ1) is 13.8. The normalized spacial score (nSPS) is 16.9. The van der Waals surface area contributed by atoms with Gasteiger partial charge in [0.2, 0.25) is 0 Å². The van der Waals surface area contributed by atoms with Crippen LogP contribution in [0.2, 0.25) is 0 Å². The fraction of sp³-hybridized carbons (Fsp3) is 0.556. The monoisotopic (exact) mass is 296 g/mol. The Morgan fingerprint density at radius 2 is 1.79 bits per heavy atom. The van der Waals surface area contributed by atoms with Gasteiger partial charge in [0.1, 0.15) is 12.1 Å². The number of halogens is 3. The van der Waals surface area contributed by atoms with E-state index in [0.29, 0.717) is 13.1 Å². The lowest BCUT2D eigenvalue weighted by atomic mass is 10.4. The van der Waals surface area contributed by atoms with Crippen LogP contribution in [0.25, 0.3) is 0 Å². The molecule has 0 aromatic carbocycles. The Morgan fingerprint density at radius 3 is 2.32 bits per heavy atom. The number of aromatic nitrogens is 2. The average Bonchev–Trinajstić information content (AvgIpc) is 2.79. The van der Waals surface area contributed by atoms with E-state index in [1.165, 1.54) is 4.90 Å². The molecule has 0 spiro atoms. The lowest BCUT2D eigenvalue weighted by molar-refractivity contribution is -0.0435. The summed E-state index contributed by atoms with van der Waals surface area (Å²) in [5, 5.41) is 0. The van der Waals surface area contributed by atoms with Gasteiger partial charge in [0, 0.05) is 13.1 Å². The Balaban J connectivity index is 2.62. The van der Waals surface area contributed by atoms with Gasteiger partial charge in [0.15, 0.2) is 10.7 Å². The number of rotatable bonds is 2. The number of sulfone groups is 1. The third-order valence-corrected chi connectivity index (χ3v) is 4.33. The molecule has 0 unspecified atom stereocenters. The van der Waals surface area contributed by atoms with Crippen LogP contribution in [0.15, 0.2) is 11.2 Å². The molecular weight excluding hydrogens is 285 g/mol. The zero-order valence-electron chi connectivity index (χ0n) is 9.68. The third-order valence-electron chi connectivity index (χ3n) is 2.79. The van der Waals surface area contributed by atoms with Crippen molar-refractivity contribution in [2.75, 3.05) is 23.7 Å². The molecule has 10 heteroatoms. The van der Waals surface area contributed by atoms with Crippen molar-refractivity contribution in [2.24, 2.45) is 0 Å². The van der Waals surface area contributed by atoms with Crippen molar-refractivity contribution in [3.8, 4) is 0 Å². The molecule has 2 rings (SSSR count). The molecule has 0 amide bonds. The van der Waals surface area contributed by atoms with Crippen molar-refractivity contribution in [1.82, 2.24) is 9.97 Å². The highest BCUT2D eigenvalue weighted by atomic mass is 32.2.